The number of hydrogen-bond donors (Lipinski definition) is 1. The van der Waals surface area contributed by atoms with Crippen LogP contribution in [0.3, 0.4) is 0 Å². The zero-order valence-electron chi connectivity index (χ0n) is 13.9. The molecule has 3 rings (SSSR count). The fourth-order valence-corrected chi connectivity index (χ4v) is 3.45. The van der Waals surface area contributed by atoms with Gasteiger partial charge in [-0.1, -0.05) is 18.6 Å². The Morgan fingerprint density at radius 1 is 1.22 bits per heavy atom. The first-order valence-corrected chi connectivity index (χ1v) is 8.65. The number of rotatable bonds is 6. The number of aromatic hydroxyl groups is 1. The number of nitrogens with zero attached hydrogens (tertiary/aromatic N) is 4. The maximum atomic E-state index is 9.39. The van der Waals surface area contributed by atoms with Gasteiger partial charge in [-0.25, -0.2) is 9.67 Å². The molecule has 5 heteroatoms. The SMILES string of the molecule is CCn1ncnc1CN1CCCC[C@H]1CCc1ccc(O)cc1. The minimum atomic E-state index is 0.340. The van der Waals surface area contributed by atoms with Gasteiger partial charge in [-0.2, -0.15) is 5.10 Å². The molecule has 0 amide bonds. The van der Waals surface area contributed by atoms with Crippen LogP contribution in [-0.2, 0) is 19.5 Å². The molecule has 5 nitrogen and oxygen atoms in total. The van der Waals surface area contributed by atoms with Crippen molar-refractivity contribution in [2.24, 2.45) is 0 Å². The van der Waals surface area contributed by atoms with Crippen molar-refractivity contribution in [3.63, 3.8) is 0 Å². The zero-order valence-corrected chi connectivity index (χ0v) is 13.9. The van der Waals surface area contributed by atoms with E-state index in [1.165, 1.54) is 24.8 Å². The number of piperidine rings is 1. The number of hydrogen-bond acceptors (Lipinski definition) is 4. The maximum absolute atomic E-state index is 9.39. The number of phenolic OH excluding ortho intramolecular Hbond substituents is 1. The number of aryl methyl sites for hydroxylation is 2. The van der Waals surface area contributed by atoms with Crippen LogP contribution in [0.25, 0.3) is 0 Å². The molecule has 1 aliphatic heterocycles. The van der Waals surface area contributed by atoms with Crippen LogP contribution in [0.1, 0.15) is 44.0 Å². The van der Waals surface area contributed by atoms with E-state index >= 15 is 0 Å². The van der Waals surface area contributed by atoms with Gasteiger partial charge in [0, 0.05) is 12.6 Å². The summed E-state index contributed by atoms with van der Waals surface area (Å²) in [7, 11) is 0. The Kier molecular flexibility index (Phi) is 5.28. The van der Waals surface area contributed by atoms with Gasteiger partial charge in [0.05, 0.1) is 6.54 Å². The van der Waals surface area contributed by atoms with Crippen molar-refractivity contribution >= 4 is 0 Å². The summed E-state index contributed by atoms with van der Waals surface area (Å²) in [5.41, 5.74) is 1.30. The van der Waals surface area contributed by atoms with Crippen molar-refractivity contribution in [3.8, 4) is 5.75 Å². The lowest BCUT2D eigenvalue weighted by Gasteiger charge is -2.35. The predicted molar refractivity (Wildman–Crippen MR) is 90.2 cm³/mol. The summed E-state index contributed by atoms with van der Waals surface area (Å²) in [6.07, 6.45) is 7.73. The average Bonchev–Trinajstić information content (AvgIpc) is 3.03. The fourth-order valence-electron chi connectivity index (χ4n) is 3.45. The summed E-state index contributed by atoms with van der Waals surface area (Å²) in [5.74, 6) is 1.41. The van der Waals surface area contributed by atoms with Crippen LogP contribution in [0.2, 0.25) is 0 Å². The molecule has 23 heavy (non-hydrogen) atoms. The quantitative estimate of drug-likeness (QED) is 0.890. The van der Waals surface area contributed by atoms with Crippen LogP contribution >= 0.6 is 0 Å². The summed E-state index contributed by atoms with van der Waals surface area (Å²) >= 11 is 0. The third-order valence-corrected chi connectivity index (χ3v) is 4.79. The van der Waals surface area contributed by atoms with E-state index in [1.54, 1.807) is 18.5 Å². The lowest BCUT2D eigenvalue weighted by Crippen LogP contribution is -2.39. The van der Waals surface area contributed by atoms with Crippen LogP contribution in [0.5, 0.6) is 5.75 Å². The van der Waals surface area contributed by atoms with Gasteiger partial charge in [0.25, 0.3) is 0 Å². The largest absolute Gasteiger partial charge is 0.508 e. The molecule has 0 bridgehead atoms. The highest BCUT2D eigenvalue weighted by Gasteiger charge is 2.23. The van der Waals surface area contributed by atoms with Gasteiger partial charge in [0.15, 0.2) is 0 Å². The Hall–Kier alpha value is -1.88. The van der Waals surface area contributed by atoms with E-state index in [1.807, 2.05) is 16.8 Å². The highest BCUT2D eigenvalue weighted by atomic mass is 16.3. The average molecular weight is 314 g/mol. The fraction of sp³-hybridized carbons (Fsp3) is 0.556. The van der Waals surface area contributed by atoms with Crippen molar-refractivity contribution < 1.29 is 5.11 Å². The smallest absolute Gasteiger partial charge is 0.141 e. The van der Waals surface area contributed by atoms with Crippen molar-refractivity contribution in [2.75, 3.05) is 6.54 Å². The van der Waals surface area contributed by atoms with E-state index in [-0.39, 0.29) is 0 Å². The molecule has 1 atom stereocenters. The van der Waals surface area contributed by atoms with Gasteiger partial charge in [-0.05, 0) is 56.8 Å². The molecule has 124 valence electrons. The third kappa shape index (κ3) is 4.10. The second-order valence-corrected chi connectivity index (χ2v) is 6.32. The van der Waals surface area contributed by atoms with Crippen LogP contribution in [-0.4, -0.2) is 37.4 Å². The molecule has 0 saturated carbocycles. The Labute approximate surface area is 138 Å². The molecule has 1 aliphatic rings. The second kappa shape index (κ2) is 7.59. The first kappa shape index (κ1) is 16.0. The number of likely N-dealkylation sites (tertiary alicyclic amines) is 1. The summed E-state index contributed by atoms with van der Waals surface area (Å²) in [5, 5.41) is 13.7. The molecule has 0 unspecified atom stereocenters. The Balaban J connectivity index is 1.61. The number of benzene rings is 1. The lowest BCUT2D eigenvalue weighted by molar-refractivity contribution is 0.127. The monoisotopic (exact) mass is 314 g/mol. The summed E-state index contributed by atoms with van der Waals surface area (Å²) in [6.45, 7) is 5.03. The molecule has 1 aromatic carbocycles. The molecule has 1 N–H and O–H groups in total. The molecule has 2 heterocycles. The van der Waals surface area contributed by atoms with Crippen molar-refractivity contribution in [1.29, 1.82) is 0 Å². The lowest BCUT2D eigenvalue weighted by atomic mass is 9.96. The molecule has 2 aromatic rings. The Bertz CT molecular complexity index is 608. The maximum Gasteiger partial charge on any atom is 0.141 e. The van der Waals surface area contributed by atoms with E-state index in [0.717, 1.165) is 38.3 Å². The van der Waals surface area contributed by atoms with Crippen molar-refractivity contribution in [3.05, 3.63) is 42.0 Å². The summed E-state index contributed by atoms with van der Waals surface area (Å²) in [4.78, 5) is 7.00. The van der Waals surface area contributed by atoms with E-state index in [4.69, 9.17) is 0 Å². The van der Waals surface area contributed by atoms with Crippen molar-refractivity contribution in [2.45, 2.75) is 58.2 Å². The van der Waals surface area contributed by atoms with E-state index in [9.17, 15) is 5.11 Å². The van der Waals surface area contributed by atoms with E-state index < -0.39 is 0 Å². The van der Waals surface area contributed by atoms with Crippen LogP contribution in [0.4, 0.5) is 0 Å². The molecule has 0 aliphatic carbocycles. The molecule has 0 spiro atoms. The molecule has 1 saturated heterocycles. The van der Waals surface area contributed by atoms with Gasteiger partial charge in [-0.15, -0.1) is 0 Å². The van der Waals surface area contributed by atoms with Gasteiger partial charge in [-0.3, -0.25) is 4.90 Å². The highest BCUT2D eigenvalue weighted by Crippen LogP contribution is 2.23. The Morgan fingerprint density at radius 2 is 2.04 bits per heavy atom. The van der Waals surface area contributed by atoms with E-state index in [0.29, 0.717) is 11.8 Å². The summed E-state index contributed by atoms with van der Waals surface area (Å²) in [6, 6.07) is 8.21. The van der Waals surface area contributed by atoms with Crippen LogP contribution < -0.4 is 0 Å². The molecular formula is C18H26N4O. The van der Waals surface area contributed by atoms with Crippen molar-refractivity contribution in [1.82, 2.24) is 19.7 Å². The minimum Gasteiger partial charge on any atom is -0.508 e. The number of aromatic nitrogens is 3. The Morgan fingerprint density at radius 3 is 2.83 bits per heavy atom. The van der Waals surface area contributed by atoms with Gasteiger partial charge < -0.3 is 5.11 Å². The van der Waals surface area contributed by atoms with Crippen LogP contribution in [0.15, 0.2) is 30.6 Å². The standard InChI is InChI=1S/C18H26N4O/c1-2-22-18(19-14-20-22)13-21-12-4-3-5-16(21)9-6-15-7-10-17(23)11-8-15/h7-8,10-11,14,16,23H,2-6,9,12-13H2,1H3/t16-/m0/s1. The molecular weight excluding hydrogens is 288 g/mol. The number of phenols is 1. The van der Waals surface area contributed by atoms with Crippen LogP contribution in [0, 0.1) is 0 Å². The van der Waals surface area contributed by atoms with Gasteiger partial charge >= 0.3 is 0 Å². The van der Waals surface area contributed by atoms with Gasteiger partial charge in [0.2, 0.25) is 0 Å². The predicted octanol–water partition coefficient (Wildman–Crippen LogP) is 2.99. The third-order valence-electron chi connectivity index (χ3n) is 4.79. The zero-order chi connectivity index (χ0) is 16.1. The molecule has 0 radical (unpaired) electrons. The van der Waals surface area contributed by atoms with E-state index in [2.05, 4.69) is 21.9 Å². The van der Waals surface area contributed by atoms with Gasteiger partial charge in [0.1, 0.15) is 17.9 Å². The minimum absolute atomic E-state index is 0.340. The topological polar surface area (TPSA) is 54.2 Å². The first-order chi connectivity index (χ1) is 11.3. The highest BCUT2D eigenvalue weighted by molar-refractivity contribution is 5.25. The second-order valence-electron chi connectivity index (χ2n) is 6.32. The molecule has 1 fully saturated rings. The first-order valence-electron chi connectivity index (χ1n) is 8.65. The summed E-state index contributed by atoms with van der Waals surface area (Å²) < 4.78 is 1.99. The normalized spacial score (nSPS) is 19.1. The molecule has 1 aromatic heterocycles.